The summed E-state index contributed by atoms with van der Waals surface area (Å²) in [6.45, 7) is 4.22. The molecule has 0 spiro atoms. The molecular weight excluding hydrogens is 651 g/mol. The van der Waals surface area contributed by atoms with Gasteiger partial charge in [0.05, 0.1) is 18.8 Å². The van der Waals surface area contributed by atoms with Gasteiger partial charge in [-0.05, 0) is 57.8 Å². The predicted octanol–water partition coefficient (Wildman–Crippen LogP) is 14.7. The van der Waals surface area contributed by atoms with Gasteiger partial charge in [-0.2, -0.15) is 0 Å². The topological polar surface area (TPSA) is 69.6 Å². The van der Waals surface area contributed by atoms with Crippen LogP contribution in [-0.2, 0) is 4.79 Å². The van der Waals surface area contributed by atoms with Crippen LogP contribution in [0.1, 0.15) is 239 Å². The zero-order chi connectivity index (χ0) is 38.6. The van der Waals surface area contributed by atoms with Crippen molar-refractivity contribution in [1.82, 2.24) is 5.32 Å². The zero-order valence-corrected chi connectivity index (χ0v) is 35.5. The number of aliphatic hydroxyl groups is 2. The van der Waals surface area contributed by atoms with Gasteiger partial charge in [0.25, 0.3) is 0 Å². The van der Waals surface area contributed by atoms with Gasteiger partial charge in [-0.15, -0.1) is 0 Å². The monoisotopic (exact) mass is 742 g/mol. The lowest BCUT2D eigenvalue weighted by Gasteiger charge is -2.20. The molecule has 310 valence electrons. The van der Waals surface area contributed by atoms with E-state index in [-0.39, 0.29) is 12.5 Å². The highest BCUT2D eigenvalue weighted by atomic mass is 16.3. The lowest BCUT2D eigenvalue weighted by atomic mass is 10.0. The van der Waals surface area contributed by atoms with E-state index in [1.54, 1.807) is 6.08 Å². The molecule has 0 heterocycles. The van der Waals surface area contributed by atoms with Crippen molar-refractivity contribution in [2.75, 3.05) is 6.61 Å². The Morgan fingerprint density at radius 3 is 1.17 bits per heavy atom. The molecular formula is C49H91NO3. The fourth-order valence-corrected chi connectivity index (χ4v) is 6.95. The maximum Gasteiger partial charge on any atom is 0.220 e. The summed E-state index contributed by atoms with van der Waals surface area (Å²) in [5.41, 5.74) is 0. The lowest BCUT2D eigenvalue weighted by molar-refractivity contribution is -0.123. The Bertz CT molecular complexity index is 847. The molecule has 0 aromatic heterocycles. The molecule has 0 aliphatic heterocycles. The summed E-state index contributed by atoms with van der Waals surface area (Å²) in [4.78, 5) is 12.3. The third-order valence-electron chi connectivity index (χ3n) is 10.6. The van der Waals surface area contributed by atoms with E-state index in [4.69, 9.17) is 0 Å². The number of aliphatic hydroxyl groups excluding tert-OH is 2. The van der Waals surface area contributed by atoms with E-state index in [1.165, 1.54) is 180 Å². The van der Waals surface area contributed by atoms with Gasteiger partial charge >= 0.3 is 0 Å². The number of allylic oxidation sites excluding steroid dienone is 7. The normalized spacial score (nSPS) is 13.4. The van der Waals surface area contributed by atoms with Crippen LogP contribution in [0.2, 0.25) is 0 Å². The summed E-state index contributed by atoms with van der Waals surface area (Å²) in [5.74, 6) is -0.0684. The van der Waals surface area contributed by atoms with Gasteiger partial charge in [0, 0.05) is 6.42 Å². The van der Waals surface area contributed by atoms with E-state index in [1.807, 2.05) is 6.08 Å². The summed E-state index contributed by atoms with van der Waals surface area (Å²) in [5, 5.41) is 22.7. The Kier molecular flexibility index (Phi) is 43.4. The average molecular weight is 742 g/mol. The van der Waals surface area contributed by atoms with Crippen LogP contribution in [0.5, 0.6) is 0 Å². The first-order chi connectivity index (χ1) is 26.2. The molecule has 3 N–H and O–H groups in total. The number of hydrogen-bond donors (Lipinski definition) is 3. The quantitative estimate of drug-likeness (QED) is 0.0431. The Morgan fingerprint density at radius 1 is 0.453 bits per heavy atom. The van der Waals surface area contributed by atoms with Crippen molar-refractivity contribution in [3.05, 3.63) is 48.6 Å². The van der Waals surface area contributed by atoms with Crippen molar-refractivity contribution in [3.8, 4) is 0 Å². The lowest BCUT2D eigenvalue weighted by Crippen LogP contribution is -2.45. The van der Waals surface area contributed by atoms with E-state index in [9.17, 15) is 15.0 Å². The summed E-state index contributed by atoms with van der Waals surface area (Å²) < 4.78 is 0. The van der Waals surface area contributed by atoms with Crippen LogP contribution in [0.3, 0.4) is 0 Å². The highest BCUT2D eigenvalue weighted by Gasteiger charge is 2.17. The van der Waals surface area contributed by atoms with Gasteiger partial charge in [-0.25, -0.2) is 0 Å². The highest BCUT2D eigenvalue weighted by molar-refractivity contribution is 5.76. The summed E-state index contributed by atoms with van der Waals surface area (Å²) >= 11 is 0. The van der Waals surface area contributed by atoms with Crippen molar-refractivity contribution in [2.45, 2.75) is 251 Å². The van der Waals surface area contributed by atoms with Crippen LogP contribution in [-0.4, -0.2) is 34.9 Å². The highest BCUT2D eigenvalue weighted by Crippen LogP contribution is 2.16. The van der Waals surface area contributed by atoms with Gasteiger partial charge in [0.2, 0.25) is 5.91 Å². The molecule has 0 aliphatic carbocycles. The number of carbonyl (C=O) groups is 1. The predicted molar refractivity (Wildman–Crippen MR) is 235 cm³/mol. The number of rotatable bonds is 42. The van der Waals surface area contributed by atoms with Crippen molar-refractivity contribution < 1.29 is 15.0 Å². The van der Waals surface area contributed by atoms with Crippen LogP contribution in [0.15, 0.2) is 48.6 Å². The van der Waals surface area contributed by atoms with Gasteiger partial charge in [-0.3, -0.25) is 4.79 Å². The van der Waals surface area contributed by atoms with Crippen molar-refractivity contribution in [3.63, 3.8) is 0 Å². The molecule has 0 fully saturated rings. The third-order valence-corrected chi connectivity index (χ3v) is 10.6. The maximum atomic E-state index is 12.3. The number of nitrogens with one attached hydrogen (secondary N) is 1. The van der Waals surface area contributed by atoms with Gasteiger partial charge in [0.1, 0.15) is 0 Å². The Labute approximate surface area is 331 Å². The molecule has 2 unspecified atom stereocenters. The number of hydrogen-bond acceptors (Lipinski definition) is 3. The first-order valence-corrected chi connectivity index (χ1v) is 23.4. The number of carbonyl (C=O) groups excluding carboxylic acids is 1. The molecule has 2 atom stereocenters. The second-order valence-electron chi connectivity index (χ2n) is 15.8. The smallest absolute Gasteiger partial charge is 0.220 e. The van der Waals surface area contributed by atoms with Crippen molar-refractivity contribution in [1.29, 1.82) is 0 Å². The molecule has 0 bridgehead atoms. The van der Waals surface area contributed by atoms with Crippen LogP contribution in [0.4, 0.5) is 0 Å². The Balaban J connectivity index is 3.37. The summed E-state index contributed by atoms with van der Waals surface area (Å²) in [7, 11) is 0. The van der Waals surface area contributed by atoms with Gasteiger partial charge in [0.15, 0.2) is 0 Å². The SMILES string of the molecule is CCCCCC/C=C/C(O)C(CO)NC(=O)CCCCCCCCCCCCCCCCCCCCCC/C=C\C/C=C\C/C=C\CCCCCCC. The van der Waals surface area contributed by atoms with Crippen LogP contribution in [0.25, 0.3) is 0 Å². The van der Waals surface area contributed by atoms with Gasteiger partial charge in [-0.1, -0.05) is 223 Å². The molecule has 1 amide bonds. The fourth-order valence-electron chi connectivity index (χ4n) is 6.95. The first-order valence-electron chi connectivity index (χ1n) is 23.4. The number of amides is 1. The molecule has 0 rings (SSSR count). The van der Waals surface area contributed by atoms with E-state index in [0.717, 1.165) is 38.5 Å². The molecule has 0 aromatic carbocycles. The summed E-state index contributed by atoms with van der Waals surface area (Å²) in [6.07, 6.45) is 61.3. The van der Waals surface area contributed by atoms with E-state index >= 15 is 0 Å². The Morgan fingerprint density at radius 2 is 0.774 bits per heavy atom. The van der Waals surface area contributed by atoms with Crippen LogP contribution in [0, 0.1) is 0 Å². The van der Waals surface area contributed by atoms with Crippen molar-refractivity contribution >= 4 is 5.91 Å². The maximum absolute atomic E-state index is 12.3. The third kappa shape index (κ3) is 41.4. The standard InChI is InChI=1S/C49H91NO3/c1-3-5-7-9-11-12-13-14-15-16-17-18-19-20-21-22-23-24-25-26-27-28-29-30-31-32-33-34-35-36-37-38-39-41-43-45-49(53)50-47(46-51)48(52)44-42-40-10-8-6-4-2/h13-14,16-17,19-20,42,44,47-48,51-52H,3-12,15,18,21-41,43,45-46H2,1-2H3,(H,50,53)/b14-13-,17-16-,20-19-,44-42+. The largest absolute Gasteiger partial charge is 0.394 e. The molecule has 0 aromatic rings. The summed E-state index contributed by atoms with van der Waals surface area (Å²) in [6, 6.07) is -0.617. The minimum atomic E-state index is -0.834. The van der Waals surface area contributed by atoms with Crippen LogP contribution < -0.4 is 5.32 Å². The Hall–Kier alpha value is -1.65. The fraction of sp³-hybridized carbons (Fsp3) is 0.816. The van der Waals surface area contributed by atoms with E-state index < -0.39 is 12.1 Å². The molecule has 4 heteroatoms. The van der Waals surface area contributed by atoms with Crippen LogP contribution >= 0.6 is 0 Å². The van der Waals surface area contributed by atoms with Crippen molar-refractivity contribution in [2.24, 2.45) is 0 Å². The minimum absolute atomic E-state index is 0.0684. The second-order valence-corrected chi connectivity index (χ2v) is 15.8. The number of unbranched alkanes of at least 4 members (excludes halogenated alkanes) is 29. The second kappa shape index (κ2) is 44.7. The van der Waals surface area contributed by atoms with E-state index in [0.29, 0.717) is 6.42 Å². The molecule has 4 nitrogen and oxygen atoms in total. The average Bonchev–Trinajstić information content (AvgIpc) is 3.16. The molecule has 53 heavy (non-hydrogen) atoms. The first kappa shape index (κ1) is 51.4. The minimum Gasteiger partial charge on any atom is -0.394 e. The molecule has 0 saturated carbocycles. The van der Waals surface area contributed by atoms with Gasteiger partial charge < -0.3 is 15.5 Å². The molecule has 0 aliphatic rings. The zero-order valence-electron chi connectivity index (χ0n) is 35.5. The van der Waals surface area contributed by atoms with E-state index in [2.05, 4.69) is 55.6 Å². The molecule has 0 saturated heterocycles. The molecule has 0 radical (unpaired) electrons.